The molecule has 3 aromatic heterocycles. The normalized spacial score (nSPS) is 14.3. The number of nitrogens with one attached hydrogen (secondary N) is 2. The Bertz CT molecular complexity index is 1460. The molecule has 0 atom stereocenters. The summed E-state index contributed by atoms with van der Waals surface area (Å²) in [6.07, 6.45) is 9.76. The second-order valence-electron chi connectivity index (χ2n) is 8.42. The molecule has 4 heterocycles. The van der Waals surface area contributed by atoms with Gasteiger partial charge in [-0.3, -0.25) is 14.9 Å². The van der Waals surface area contributed by atoms with E-state index in [9.17, 15) is 13.2 Å². The highest BCUT2D eigenvalue weighted by molar-refractivity contribution is 7.90. The van der Waals surface area contributed by atoms with Gasteiger partial charge >= 0.3 is 0 Å². The molecule has 1 aliphatic heterocycles. The molecule has 9 nitrogen and oxygen atoms in total. The highest BCUT2D eigenvalue weighted by atomic mass is 32.2. The van der Waals surface area contributed by atoms with Crippen LogP contribution in [0.25, 0.3) is 22.0 Å². The molecule has 10 heteroatoms. The lowest BCUT2D eigenvalue weighted by Crippen LogP contribution is -2.29. The maximum atomic E-state index is 12.9. The lowest BCUT2D eigenvalue weighted by molar-refractivity contribution is 0.102. The lowest BCUT2D eigenvalue weighted by Gasteiger charge is -2.28. The number of aromatic amines is 1. The molecular weight excluding hydrogens is 452 g/mol. The molecule has 1 aromatic carbocycles. The fourth-order valence-electron chi connectivity index (χ4n) is 4.14. The number of rotatable bonds is 5. The zero-order valence-electron chi connectivity index (χ0n) is 18.7. The number of sulfone groups is 1. The number of fused-ring (bicyclic) bond motifs is 1. The topological polar surface area (TPSA) is 121 Å². The van der Waals surface area contributed by atoms with Gasteiger partial charge < -0.3 is 10.2 Å². The van der Waals surface area contributed by atoms with E-state index in [4.69, 9.17) is 0 Å². The zero-order chi connectivity index (χ0) is 23.7. The SMILES string of the molecule is CS(=O)(=O)c1ccc(NC(=O)c2n[nH]c3ccc(-c4cncc(N5CCCCC5)c4)cc23)cn1. The molecule has 0 spiro atoms. The van der Waals surface area contributed by atoms with E-state index in [0.29, 0.717) is 11.1 Å². The highest BCUT2D eigenvalue weighted by Gasteiger charge is 2.17. The highest BCUT2D eigenvalue weighted by Crippen LogP contribution is 2.29. The Hall–Kier alpha value is -3.79. The largest absolute Gasteiger partial charge is 0.370 e. The van der Waals surface area contributed by atoms with E-state index in [1.165, 1.54) is 37.6 Å². The van der Waals surface area contributed by atoms with Gasteiger partial charge in [-0.25, -0.2) is 13.4 Å². The summed E-state index contributed by atoms with van der Waals surface area (Å²) in [4.78, 5) is 23.6. The van der Waals surface area contributed by atoms with Crippen LogP contribution in [-0.4, -0.2) is 53.8 Å². The van der Waals surface area contributed by atoms with Gasteiger partial charge in [-0.1, -0.05) is 6.07 Å². The van der Waals surface area contributed by atoms with Crippen LogP contribution in [0.4, 0.5) is 11.4 Å². The van der Waals surface area contributed by atoms with E-state index in [2.05, 4.69) is 36.4 Å². The standard InChI is InChI=1S/C24H24N6O3S/c1-34(32,33)22-8-6-18(14-26-22)27-24(31)23-20-12-16(5-7-21(20)28-29-23)17-11-19(15-25-13-17)30-9-3-2-4-10-30/h5-8,11-15H,2-4,9-10H2,1H3,(H,27,31)(H,28,29). The van der Waals surface area contributed by atoms with Crippen LogP contribution in [0, 0.1) is 0 Å². The Labute approximate surface area is 197 Å². The molecule has 0 unspecified atom stereocenters. The Morgan fingerprint density at radius 1 is 1.00 bits per heavy atom. The Kier molecular flexibility index (Phi) is 5.74. The number of benzene rings is 1. The zero-order valence-corrected chi connectivity index (χ0v) is 19.5. The fraction of sp³-hybridized carbons (Fsp3) is 0.250. The van der Waals surface area contributed by atoms with Crippen molar-refractivity contribution in [1.82, 2.24) is 20.2 Å². The molecule has 5 rings (SSSR count). The quantitative estimate of drug-likeness (QED) is 0.451. The number of nitrogens with zero attached hydrogens (tertiary/aromatic N) is 4. The van der Waals surface area contributed by atoms with E-state index in [0.717, 1.165) is 41.7 Å². The number of pyridine rings is 2. The molecule has 0 aliphatic carbocycles. The third kappa shape index (κ3) is 4.49. The molecule has 0 bridgehead atoms. The summed E-state index contributed by atoms with van der Waals surface area (Å²) < 4.78 is 23.2. The number of H-pyrrole nitrogens is 1. The number of anilines is 2. The molecule has 174 valence electrons. The maximum Gasteiger partial charge on any atom is 0.276 e. The van der Waals surface area contributed by atoms with Crippen molar-refractivity contribution in [1.29, 1.82) is 0 Å². The summed E-state index contributed by atoms with van der Waals surface area (Å²) in [7, 11) is -3.41. The Morgan fingerprint density at radius 3 is 2.56 bits per heavy atom. The number of aromatic nitrogens is 4. The first kappa shape index (κ1) is 22.0. The van der Waals surface area contributed by atoms with Crippen molar-refractivity contribution in [2.24, 2.45) is 0 Å². The van der Waals surface area contributed by atoms with Crippen LogP contribution >= 0.6 is 0 Å². The summed E-state index contributed by atoms with van der Waals surface area (Å²) in [6.45, 7) is 2.08. The van der Waals surface area contributed by atoms with Gasteiger partial charge in [0.25, 0.3) is 5.91 Å². The van der Waals surface area contributed by atoms with Gasteiger partial charge in [0.2, 0.25) is 0 Å². The van der Waals surface area contributed by atoms with Crippen LogP contribution in [0.1, 0.15) is 29.8 Å². The van der Waals surface area contributed by atoms with Crippen LogP contribution < -0.4 is 10.2 Å². The average Bonchev–Trinajstić information content (AvgIpc) is 3.28. The molecule has 0 saturated carbocycles. The number of piperidine rings is 1. The molecule has 1 fully saturated rings. The molecule has 2 N–H and O–H groups in total. The fourth-order valence-corrected chi connectivity index (χ4v) is 4.70. The van der Waals surface area contributed by atoms with E-state index in [1.807, 2.05) is 30.6 Å². The van der Waals surface area contributed by atoms with Crippen molar-refractivity contribution in [3.63, 3.8) is 0 Å². The first-order valence-electron chi connectivity index (χ1n) is 11.0. The van der Waals surface area contributed by atoms with Crippen molar-refractivity contribution in [2.45, 2.75) is 24.3 Å². The summed E-state index contributed by atoms with van der Waals surface area (Å²) in [5.74, 6) is -0.419. The van der Waals surface area contributed by atoms with Gasteiger partial charge in [0.05, 0.1) is 29.3 Å². The van der Waals surface area contributed by atoms with Crippen molar-refractivity contribution in [2.75, 3.05) is 29.6 Å². The summed E-state index contributed by atoms with van der Waals surface area (Å²) in [6, 6.07) is 10.8. The molecule has 1 saturated heterocycles. The predicted octanol–water partition coefficient (Wildman–Crippen LogP) is 3.67. The van der Waals surface area contributed by atoms with Crippen molar-refractivity contribution in [3.8, 4) is 11.1 Å². The second-order valence-corrected chi connectivity index (χ2v) is 10.4. The molecule has 4 aromatic rings. The Balaban J connectivity index is 1.41. The van der Waals surface area contributed by atoms with Crippen LogP contribution in [0.15, 0.2) is 60.0 Å². The first-order valence-corrected chi connectivity index (χ1v) is 12.9. The van der Waals surface area contributed by atoms with Gasteiger partial charge in [0.1, 0.15) is 0 Å². The monoisotopic (exact) mass is 476 g/mol. The van der Waals surface area contributed by atoms with Gasteiger partial charge in [0.15, 0.2) is 20.6 Å². The summed E-state index contributed by atoms with van der Waals surface area (Å²) in [5, 5.41) is 10.4. The predicted molar refractivity (Wildman–Crippen MR) is 131 cm³/mol. The maximum absolute atomic E-state index is 12.9. The lowest BCUT2D eigenvalue weighted by atomic mass is 10.0. The average molecular weight is 477 g/mol. The minimum atomic E-state index is -3.41. The van der Waals surface area contributed by atoms with Gasteiger partial charge in [-0.15, -0.1) is 0 Å². The Morgan fingerprint density at radius 2 is 1.82 bits per heavy atom. The summed E-state index contributed by atoms with van der Waals surface area (Å²) in [5.41, 5.74) is 4.37. The van der Waals surface area contributed by atoms with E-state index < -0.39 is 15.7 Å². The molecule has 0 radical (unpaired) electrons. The molecule has 1 aliphatic rings. The number of amides is 1. The van der Waals surface area contributed by atoms with Crippen LogP contribution in [0.3, 0.4) is 0 Å². The second kappa shape index (κ2) is 8.86. The van der Waals surface area contributed by atoms with Gasteiger partial charge in [0, 0.05) is 36.5 Å². The molecular formula is C24H24N6O3S. The van der Waals surface area contributed by atoms with Gasteiger partial charge in [-0.2, -0.15) is 5.10 Å². The number of hydrogen-bond donors (Lipinski definition) is 2. The summed E-state index contributed by atoms with van der Waals surface area (Å²) >= 11 is 0. The number of carbonyl (C=O) groups excluding carboxylic acids is 1. The third-order valence-electron chi connectivity index (χ3n) is 5.93. The third-order valence-corrected chi connectivity index (χ3v) is 6.93. The van der Waals surface area contributed by atoms with Crippen molar-refractivity contribution >= 4 is 38.0 Å². The number of hydrogen-bond acceptors (Lipinski definition) is 7. The molecule has 1 amide bonds. The van der Waals surface area contributed by atoms with Crippen LogP contribution in [0.5, 0.6) is 0 Å². The first-order chi connectivity index (χ1) is 16.4. The van der Waals surface area contributed by atoms with Gasteiger partial charge in [-0.05, 0) is 55.2 Å². The number of carbonyl (C=O) groups is 1. The van der Waals surface area contributed by atoms with Crippen LogP contribution in [0.2, 0.25) is 0 Å². The minimum absolute atomic E-state index is 0.0549. The van der Waals surface area contributed by atoms with E-state index in [1.54, 1.807) is 0 Å². The van der Waals surface area contributed by atoms with Crippen LogP contribution in [-0.2, 0) is 9.84 Å². The van der Waals surface area contributed by atoms with E-state index in [-0.39, 0.29) is 10.7 Å². The van der Waals surface area contributed by atoms with E-state index >= 15 is 0 Å². The minimum Gasteiger partial charge on any atom is -0.370 e. The smallest absolute Gasteiger partial charge is 0.276 e. The van der Waals surface area contributed by atoms with Crippen molar-refractivity contribution < 1.29 is 13.2 Å². The molecule has 34 heavy (non-hydrogen) atoms. The van der Waals surface area contributed by atoms with Crippen molar-refractivity contribution in [3.05, 3.63) is 60.7 Å².